The highest BCUT2D eigenvalue weighted by molar-refractivity contribution is 5.10. The van der Waals surface area contributed by atoms with Gasteiger partial charge in [-0.05, 0) is 30.5 Å². The first-order chi connectivity index (χ1) is 7.70. The molecule has 88 valence electrons. The molecule has 0 aliphatic carbocycles. The predicted octanol–water partition coefficient (Wildman–Crippen LogP) is 1.42. The van der Waals surface area contributed by atoms with E-state index < -0.39 is 0 Å². The molecule has 16 heavy (non-hydrogen) atoms. The summed E-state index contributed by atoms with van der Waals surface area (Å²) in [5.74, 6) is 0.205. The van der Waals surface area contributed by atoms with Gasteiger partial charge in [0.15, 0.2) is 0 Å². The van der Waals surface area contributed by atoms with Crippen LogP contribution in [0.15, 0.2) is 18.5 Å². The van der Waals surface area contributed by atoms with E-state index in [-0.39, 0.29) is 18.5 Å². The second kappa shape index (κ2) is 4.89. The highest BCUT2D eigenvalue weighted by atomic mass is 19.1. The summed E-state index contributed by atoms with van der Waals surface area (Å²) in [5.41, 5.74) is 0.868. The topological polar surface area (TPSA) is 36.4 Å². The van der Waals surface area contributed by atoms with Gasteiger partial charge in [-0.1, -0.05) is 6.92 Å². The van der Waals surface area contributed by atoms with Gasteiger partial charge in [0.1, 0.15) is 5.82 Å². The van der Waals surface area contributed by atoms with Gasteiger partial charge in [0.05, 0.1) is 12.8 Å². The van der Waals surface area contributed by atoms with Crippen molar-refractivity contribution in [2.75, 3.05) is 13.2 Å². The van der Waals surface area contributed by atoms with E-state index in [4.69, 9.17) is 0 Å². The number of hydrogen-bond donors (Lipinski definition) is 1. The van der Waals surface area contributed by atoms with Crippen molar-refractivity contribution in [3.8, 4) is 0 Å². The monoisotopic (exact) mass is 224 g/mol. The van der Waals surface area contributed by atoms with Gasteiger partial charge in [0.25, 0.3) is 0 Å². The molecule has 1 aromatic heterocycles. The van der Waals surface area contributed by atoms with Crippen LogP contribution in [-0.4, -0.2) is 34.2 Å². The molecule has 1 fully saturated rings. The van der Waals surface area contributed by atoms with E-state index in [1.807, 2.05) is 0 Å². The quantitative estimate of drug-likeness (QED) is 0.843. The van der Waals surface area contributed by atoms with Crippen molar-refractivity contribution in [3.63, 3.8) is 0 Å². The SMILES string of the molecule is CC1CCN(Cc2cncc(F)c2)C1CO. The Hall–Kier alpha value is -1.00. The largest absolute Gasteiger partial charge is 0.395 e. The molecule has 0 saturated carbocycles. The Balaban J connectivity index is 2.04. The van der Waals surface area contributed by atoms with Crippen LogP contribution in [0.1, 0.15) is 18.9 Å². The van der Waals surface area contributed by atoms with Gasteiger partial charge in [-0.25, -0.2) is 4.39 Å². The van der Waals surface area contributed by atoms with E-state index in [0.29, 0.717) is 12.5 Å². The Labute approximate surface area is 94.9 Å². The summed E-state index contributed by atoms with van der Waals surface area (Å²) in [6, 6.07) is 1.70. The van der Waals surface area contributed by atoms with Crippen LogP contribution in [0.4, 0.5) is 4.39 Å². The molecule has 1 saturated heterocycles. The maximum Gasteiger partial charge on any atom is 0.141 e. The summed E-state index contributed by atoms with van der Waals surface area (Å²) in [4.78, 5) is 6.03. The molecule has 1 N–H and O–H groups in total. The highest BCUT2D eigenvalue weighted by Crippen LogP contribution is 2.25. The number of nitrogens with zero attached hydrogens (tertiary/aromatic N) is 2. The van der Waals surface area contributed by atoms with E-state index in [9.17, 15) is 9.50 Å². The molecule has 0 radical (unpaired) electrons. The van der Waals surface area contributed by atoms with Gasteiger partial charge < -0.3 is 5.11 Å². The number of rotatable bonds is 3. The average molecular weight is 224 g/mol. The van der Waals surface area contributed by atoms with Gasteiger partial charge in [-0.15, -0.1) is 0 Å². The summed E-state index contributed by atoms with van der Waals surface area (Å²) in [6.45, 7) is 3.94. The predicted molar refractivity (Wildman–Crippen MR) is 59.3 cm³/mol. The first kappa shape index (κ1) is 11.5. The Kier molecular flexibility index (Phi) is 3.51. The molecule has 2 atom stereocenters. The third-order valence-electron chi connectivity index (χ3n) is 3.33. The summed E-state index contributed by atoms with van der Waals surface area (Å²) < 4.78 is 13.0. The maximum atomic E-state index is 13.0. The molecule has 2 heterocycles. The number of aliphatic hydroxyl groups excluding tert-OH is 1. The minimum Gasteiger partial charge on any atom is -0.395 e. The number of pyridine rings is 1. The lowest BCUT2D eigenvalue weighted by Crippen LogP contribution is -2.34. The van der Waals surface area contributed by atoms with E-state index in [2.05, 4.69) is 16.8 Å². The molecular formula is C12H17FN2O. The third-order valence-corrected chi connectivity index (χ3v) is 3.33. The molecule has 2 rings (SSSR count). The maximum absolute atomic E-state index is 13.0. The number of hydrogen-bond acceptors (Lipinski definition) is 3. The van der Waals surface area contributed by atoms with Crippen LogP contribution >= 0.6 is 0 Å². The fourth-order valence-corrected chi connectivity index (χ4v) is 2.36. The zero-order valence-electron chi connectivity index (χ0n) is 9.43. The van der Waals surface area contributed by atoms with E-state index in [1.165, 1.54) is 12.3 Å². The van der Waals surface area contributed by atoms with Gasteiger partial charge in [-0.2, -0.15) is 0 Å². The van der Waals surface area contributed by atoms with E-state index >= 15 is 0 Å². The molecule has 2 unspecified atom stereocenters. The van der Waals surface area contributed by atoms with Crippen LogP contribution < -0.4 is 0 Å². The van der Waals surface area contributed by atoms with Crippen LogP contribution in [0.2, 0.25) is 0 Å². The summed E-state index contributed by atoms with van der Waals surface area (Å²) in [6.07, 6.45) is 3.98. The molecule has 4 heteroatoms. The summed E-state index contributed by atoms with van der Waals surface area (Å²) in [5, 5.41) is 9.31. The average Bonchev–Trinajstić information content (AvgIpc) is 2.59. The van der Waals surface area contributed by atoms with Crippen molar-refractivity contribution in [2.45, 2.75) is 25.9 Å². The Morgan fingerprint density at radius 2 is 2.38 bits per heavy atom. The van der Waals surface area contributed by atoms with Crippen molar-refractivity contribution >= 4 is 0 Å². The third kappa shape index (κ3) is 2.39. The van der Waals surface area contributed by atoms with Gasteiger partial charge in [0, 0.05) is 18.8 Å². The normalized spacial score (nSPS) is 26.2. The first-order valence-corrected chi connectivity index (χ1v) is 5.65. The van der Waals surface area contributed by atoms with E-state index in [0.717, 1.165) is 18.5 Å². The van der Waals surface area contributed by atoms with Gasteiger partial charge in [-0.3, -0.25) is 9.88 Å². The van der Waals surface area contributed by atoms with Gasteiger partial charge in [0.2, 0.25) is 0 Å². The Bertz CT molecular complexity index is 359. The van der Waals surface area contributed by atoms with Crippen molar-refractivity contribution in [1.29, 1.82) is 0 Å². The summed E-state index contributed by atoms with van der Waals surface area (Å²) >= 11 is 0. The second-order valence-electron chi connectivity index (χ2n) is 4.50. The Morgan fingerprint density at radius 3 is 3.06 bits per heavy atom. The fraction of sp³-hybridized carbons (Fsp3) is 0.583. The van der Waals surface area contributed by atoms with Crippen LogP contribution in [0.3, 0.4) is 0 Å². The second-order valence-corrected chi connectivity index (χ2v) is 4.50. The number of halogens is 1. The van der Waals surface area contributed by atoms with Crippen molar-refractivity contribution in [2.24, 2.45) is 5.92 Å². The van der Waals surface area contributed by atoms with Crippen molar-refractivity contribution in [1.82, 2.24) is 9.88 Å². The lowest BCUT2D eigenvalue weighted by atomic mass is 10.0. The number of likely N-dealkylation sites (tertiary alicyclic amines) is 1. The Morgan fingerprint density at radius 1 is 1.56 bits per heavy atom. The molecule has 0 aromatic carbocycles. The molecule has 0 spiro atoms. The highest BCUT2D eigenvalue weighted by Gasteiger charge is 2.30. The molecule has 1 aliphatic heterocycles. The lowest BCUT2D eigenvalue weighted by molar-refractivity contribution is 0.134. The van der Waals surface area contributed by atoms with Crippen LogP contribution in [0.25, 0.3) is 0 Å². The van der Waals surface area contributed by atoms with Crippen LogP contribution in [-0.2, 0) is 6.54 Å². The smallest absolute Gasteiger partial charge is 0.141 e. The standard InChI is InChI=1S/C12H17FN2O/c1-9-2-3-15(12(9)8-16)7-10-4-11(13)6-14-5-10/h4-6,9,12,16H,2-3,7-8H2,1H3. The minimum absolute atomic E-state index is 0.171. The molecule has 1 aliphatic rings. The molecule has 0 bridgehead atoms. The lowest BCUT2D eigenvalue weighted by Gasteiger charge is -2.24. The number of aliphatic hydroxyl groups is 1. The van der Waals surface area contributed by atoms with Crippen molar-refractivity contribution in [3.05, 3.63) is 29.8 Å². The van der Waals surface area contributed by atoms with Crippen LogP contribution in [0.5, 0.6) is 0 Å². The van der Waals surface area contributed by atoms with E-state index in [1.54, 1.807) is 6.20 Å². The van der Waals surface area contributed by atoms with Crippen molar-refractivity contribution < 1.29 is 9.50 Å². The molecule has 1 aromatic rings. The molecular weight excluding hydrogens is 207 g/mol. The zero-order chi connectivity index (χ0) is 11.5. The summed E-state index contributed by atoms with van der Waals surface area (Å²) in [7, 11) is 0. The molecule has 3 nitrogen and oxygen atoms in total. The molecule has 0 amide bonds. The fourth-order valence-electron chi connectivity index (χ4n) is 2.36. The zero-order valence-corrected chi connectivity index (χ0v) is 9.43. The van der Waals surface area contributed by atoms with Gasteiger partial charge >= 0.3 is 0 Å². The minimum atomic E-state index is -0.301. The first-order valence-electron chi connectivity index (χ1n) is 5.65. The number of aromatic nitrogens is 1. The van der Waals surface area contributed by atoms with Crippen LogP contribution in [0, 0.1) is 11.7 Å².